The predicted octanol–water partition coefficient (Wildman–Crippen LogP) is 3.01. The van der Waals surface area contributed by atoms with Crippen molar-refractivity contribution in [1.29, 1.82) is 0 Å². The Morgan fingerprint density at radius 1 is 1.35 bits per heavy atom. The van der Waals surface area contributed by atoms with Gasteiger partial charge in [0.2, 0.25) is 0 Å². The Labute approximate surface area is 125 Å². The molecule has 0 unspecified atom stereocenters. The molecule has 0 aliphatic heterocycles. The summed E-state index contributed by atoms with van der Waals surface area (Å²) >= 11 is 3.41. The highest BCUT2D eigenvalue weighted by Crippen LogP contribution is 2.27. The fourth-order valence-electron chi connectivity index (χ4n) is 2.08. The van der Waals surface area contributed by atoms with Gasteiger partial charge >= 0.3 is 0 Å². The van der Waals surface area contributed by atoms with Crippen LogP contribution in [-0.2, 0) is 19.9 Å². The van der Waals surface area contributed by atoms with E-state index in [1.54, 1.807) is 22.7 Å². The molecular weight excluding hydrogens is 290 g/mol. The van der Waals surface area contributed by atoms with Crippen LogP contribution in [0.5, 0.6) is 0 Å². The van der Waals surface area contributed by atoms with Gasteiger partial charge in [0.1, 0.15) is 0 Å². The van der Waals surface area contributed by atoms with Crippen LogP contribution in [0.25, 0.3) is 10.3 Å². The first-order valence-electron chi connectivity index (χ1n) is 6.64. The first-order chi connectivity index (χ1) is 9.67. The summed E-state index contributed by atoms with van der Waals surface area (Å²) in [4.78, 5) is 9.14. The van der Waals surface area contributed by atoms with E-state index in [1.165, 1.54) is 10.7 Å². The number of hydrogen-bond donors (Lipinski definition) is 1. The van der Waals surface area contributed by atoms with E-state index in [4.69, 9.17) is 0 Å². The van der Waals surface area contributed by atoms with E-state index in [2.05, 4.69) is 32.7 Å². The zero-order valence-corrected chi connectivity index (χ0v) is 13.4. The van der Waals surface area contributed by atoms with Crippen molar-refractivity contribution in [3.8, 4) is 0 Å². The van der Waals surface area contributed by atoms with Crippen molar-refractivity contribution in [2.75, 3.05) is 11.9 Å². The Balaban J connectivity index is 1.63. The van der Waals surface area contributed by atoms with E-state index in [1.807, 2.05) is 18.7 Å². The molecule has 3 aromatic rings. The number of hydrogen-bond acceptors (Lipinski definition) is 6. The molecule has 0 spiro atoms. The van der Waals surface area contributed by atoms with Gasteiger partial charge in [-0.2, -0.15) is 5.10 Å². The van der Waals surface area contributed by atoms with Crippen molar-refractivity contribution in [3.05, 3.63) is 21.8 Å². The summed E-state index contributed by atoms with van der Waals surface area (Å²) in [5.41, 5.74) is 3.16. The van der Waals surface area contributed by atoms with Gasteiger partial charge < -0.3 is 5.32 Å². The minimum atomic E-state index is 0.860. The van der Waals surface area contributed by atoms with Crippen LogP contribution in [0.1, 0.15) is 23.3 Å². The molecule has 0 saturated carbocycles. The van der Waals surface area contributed by atoms with Crippen LogP contribution in [0.3, 0.4) is 0 Å². The standard InChI is InChI=1S/C13H17N5S2/c1-4-10-15-9(7-19-10)5-6-14-13-16-12-11(20-13)8(2)17-18(12)3/h7H,4-6H2,1-3H3,(H,14,16). The SMILES string of the molecule is CCc1nc(CCNc2nc3c(s2)c(C)nn3C)cs1. The van der Waals surface area contributed by atoms with Crippen LogP contribution >= 0.6 is 22.7 Å². The molecule has 106 valence electrons. The summed E-state index contributed by atoms with van der Waals surface area (Å²) in [6.45, 7) is 5.02. The Bertz CT molecular complexity index is 690. The van der Waals surface area contributed by atoms with Gasteiger partial charge in [-0.3, -0.25) is 0 Å². The molecule has 3 heterocycles. The number of aryl methyl sites for hydroxylation is 3. The lowest BCUT2D eigenvalue weighted by molar-refractivity contribution is 0.774. The van der Waals surface area contributed by atoms with E-state index in [-0.39, 0.29) is 0 Å². The van der Waals surface area contributed by atoms with Crippen LogP contribution < -0.4 is 5.32 Å². The predicted molar refractivity (Wildman–Crippen MR) is 84.8 cm³/mol. The molecule has 5 nitrogen and oxygen atoms in total. The molecular formula is C13H17N5S2. The van der Waals surface area contributed by atoms with Crippen LogP contribution in [-0.4, -0.2) is 26.3 Å². The maximum absolute atomic E-state index is 4.58. The fourth-order valence-corrected chi connectivity index (χ4v) is 3.82. The number of anilines is 1. The van der Waals surface area contributed by atoms with Crippen molar-refractivity contribution in [2.24, 2.45) is 7.05 Å². The number of thiazole rings is 2. The molecule has 7 heteroatoms. The normalized spacial score (nSPS) is 11.3. The van der Waals surface area contributed by atoms with Gasteiger partial charge in [-0.25, -0.2) is 14.6 Å². The van der Waals surface area contributed by atoms with Gasteiger partial charge in [-0.1, -0.05) is 18.3 Å². The third-order valence-electron chi connectivity index (χ3n) is 3.10. The average Bonchev–Trinajstić information content (AvgIpc) is 3.09. The smallest absolute Gasteiger partial charge is 0.185 e. The zero-order chi connectivity index (χ0) is 14.1. The molecule has 3 rings (SSSR count). The van der Waals surface area contributed by atoms with Gasteiger partial charge in [0.05, 0.1) is 21.1 Å². The lowest BCUT2D eigenvalue weighted by Gasteiger charge is -2.00. The number of aromatic nitrogens is 4. The Kier molecular flexibility index (Phi) is 3.71. The lowest BCUT2D eigenvalue weighted by Crippen LogP contribution is -2.05. The van der Waals surface area contributed by atoms with Gasteiger partial charge in [0.25, 0.3) is 0 Å². The largest absolute Gasteiger partial charge is 0.361 e. The maximum Gasteiger partial charge on any atom is 0.185 e. The summed E-state index contributed by atoms with van der Waals surface area (Å²) in [6, 6.07) is 0. The Morgan fingerprint density at radius 3 is 2.90 bits per heavy atom. The number of rotatable bonds is 5. The molecule has 0 fully saturated rings. The van der Waals surface area contributed by atoms with Gasteiger partial charge in [-0.05, 0) is 13.3 Å². The molecule has 20 heavy (non-hydrogen) atoms. The summed E-state index contributed by atoms with van der Waals surface area (Å²) in [5.74, 6) is 0. The number of nitrogens with one attached hydrogen (secondary N) is 1. The minimum absolute atomic E-state index is 0.860. The first kappa shape index (κ1) is 13.5. The molecule has 0 amide bonds. The quantitative estimate of drug-likeness (QED) is 0.787. The highest BCUT2D eigenvalue weighted by molar-refractivity contribution is 7.22. The van der Waals surface area contributed by atoms with E-state index in [0.29, 0.717) is 0 Å². The average molecular weight is 307 g/mol. The third-order valence-corrected chi connectivity index (χ3v) is 5.26. The van der Waals surface area contributed by atoms with Crippen molar-refractivity contribution in [1.82, 2.24) is 19.7 Å². The second-order valence-corrected chi connectivity index (χ2v) is 6.59. The lowest BCUT2D eigenvalue weighted by atomic mass is 10.3. The molecule has 0 radical (unpaired) electrons. The van der Waals surface area contributed by atoms with Crippen molar-refractivity contribution >= 4 is 38.2 Å². The third kappa shape index (κ3) is 2.55. The topological polar surface area (TPSA) is 55.6 Å². The molecule has 3 aromatic heterocycles. The van der Waals surface area contributed by atoms with Gasteiger partial charge in [0.15, 0.2) is 10.8 Å². The van der Waals surface area contributed by atoms with Gasteiger partial charge in [0, 0.05) is 25.4 Å². The minimum Gasteiger partial charge on any atom is -0.361 e. The van der Waals surface area contributed by atoms with Gasteiger partial charge in [-0.15, -0.1) is 11.3 Å². The first-order valence-corrected chi connectivity index (χ1v) is 8.34. The van der Waals surface area contributed by atoms with Crippen molar-refractivity contribution in [3.63, 3.8) is 0 Å². The summed E-state index contributed by atoms with van der Waals surface area (Å²) in [5, 5.41) is 12.1. The molecule has 0 saturated heterocycles. The summed E-state index contributed by atoms with van der Waals surface area (Å²) in [6.07, 6.45) is 1.95. The van der Waals surface area contributed by atoms with Crippen LogP contribution in [0.2, 0.25) is 0 Å². The molecule has 0 bridgehead atoms. The molecule has 0 aliphatic carbocycles. The van der Waals surface area contributed by atoms with E-state index in [9.17, 15) is 0 Å². The Morgan fingerprint density at radius 2 is 2.20 bits per heavy atom. The maximum atomic E-state index is 4.58. The molecule has 0 atom stereocenters. The second-order valence-electron chi connectivity index (χ2n) is 4.64. The highest BCUT2D eigenvalue weighted by atomic mass is 32.1. The Hall–Kier alpha value is -1.47. The number of nitrogens with zero attached hydrogens (tertiary/aromatic N) is 4. The summed E-state index contributed by atoms with van der Waals surface area (Å²) < 4.78 is 3.00. The van der Waals surface area contributed by atoms with E-state index >= 15 is 0 Å². The zero-order valence-electron chi connectivity index (χ0n) is 11.8. The monoisotopic (exact) mass is 307 g/mol. The van der Waals surface area contributed by atoms with E-state index in [0.717, 1.165) is 40.6 Å². The van der Waals surface area contributed by atoms with Crippen molar-refractivity contribution < 1.29 is 0 Å². The highest BCUT2D eigenvalue weighted by Gasteiger charge is 2.11. The number of fused-ring (bicyclic) bond motifs is 1. The molecule has 1 N–H and O–H groups in total. The van der Waals surface area contributed by atoms with Crippen molar-refractivity contribution in [2.45, 2.75) is 26.7 Å². The summed E-state index contributed by atoms with van der Waals surface area (Å²) in [7, 11) is 1.93. The molecule has 0 aliphatic rings. The molecule has 0 aromatic carbocycles. The van der Waals surface area contributed by atoms with Crippen LogP contribution in [0, 0.1) is 6.92 Å². The second kappa shape index (κ2) is 5.49. The van der Waals surface area contributed by atoms with E-state index < -0.39 is 0 Å². The van der Waals surface area contributed by atoms with Crippen LogP contribution in [0.15, 0.2) is 5.38 Å². The fraction of sp³-hybridized carbons (Fsp3) is 0.462. The van der Waals surface area contributed by atoms with Crippen LogP contribution in [0.4, 0.5) is 5.13 Å².